The van der Waals surface area contributed by atoms with E-state index in [1.165, 1.54) is 0 Å². The van der Waals surface area contributed by atoms with E-state index in [9.17, 15) is 5.11 Å². The molecule has 0 aliphatic carbocycles. The lowest BCUT2D eigenvalue weighted by molar-refractivity contribution is 0.0471. The summed E-state index contributed by atoms with van der Waals surface area (Å²) < 4.78 is 0. The Balaban J connectivity index is 3.12. The van der Waals surface area contributed by atoms with Gasteiger partial charge in [0.2, 0.25) is 0 Å². The average Bonchev–Trinajstić information content (AvgIpc) is 2.34. The lowest BCUT2D eigenvalue weighted by Crippen LogP contribution is -2.29. The summed E-state index contributed by atoms with van der Waals surface area (Å²) in [6, 6.07) is 7.37. The average molecular weight is 293 g/mol. The molecule has 0 fully saturated rings. The fourth-order valence-corrected chi connectivity index (χ4v) is 2.74. The Morgan fingerprint density at radius 2 is 1.70 bits per heavy atom. The predicted molar refractivity (Wildman–Crippen MR) is 86.7 cm³/mol. The minimum atomic E-state index is -0.613. The van der Waals surface area contributed by atoms with Gasteiger partial charge in [-0.05, 0) is 36.5 Å². The van der Waals surface area contributed by atoms with Gasteiger partial charge in [0, 0.05) is 11.4 Å². The summed E-state index contributed by atoms with van der Waals surface area (Å²) in [4.78, 5) is 0. The molecule has 0 heterocycles. The SMILES string of the molecule is CCC#CC(C)(CC(C)(C)C)C(O)c1ccc(Cl)cc1. The van der Waals surface area contributed by atoms with E-state index in [0.717, 1.165) is 18.4 Å². The number of halogens is 1. The van der Waals surface area contributed by atoms with Crippen molar-refractivity contribution < 1.29 is 5.11 Å². The van der Waals surface area contributed by atoms with Gasteiger partial charge in [0.05, 0.1) is 11.5 Å². The molecule has 0 aromatic heterocycles. The summed E-state index contributed by atoms with van der Waals surface area (Å²) >= 11 is 5.91. The molecule has 0 saturated heterocycles. The standard InChI is InChI=1S/C18H25ClO/c1-6-7-12-18(5,13-17(2,3)4)16(20)14-8-10-15(19)11-9-14/h8-11,16,20H,6,13H2,1-5H3. The van der Waals surface area contributed by atoms with Gasteiger partial charge >= 0.3 is 0 Å². The van der Waals surface area contributed by atoms with Gasteiger partial charge in [-0.15, -0.1) is 5.92 Å². The molecule has 1 N–H and O–H groups in total. The largest absolute Gasteiger partial charge is 0.387 e. The van der Waals surface area contributed by atoms with Crippen LogP contribution >= 0.6 is 11.6 Å². The molecular formula is C18H25ClO. The number of hydrogen-bond acceptors (Lipinski definition) is 1. The summed E-state index contributed by atoms with van der Waals surface area (Å²) in [6.45, 7) is 10.6. The zero-order valence-electron chi connectivity index (χ0n) is 13.1. The van der Waals surface area contributed by atoms with Crippen LogP contribution in [0.15, 0.2) is 24.3 Å². The second-order valence-electron chi connectivity index (χ2n) is 6.76. The minimum Gasteiger partial charge on any atom is -0.387 e. The van der Waals surface area contributed by atoms with Crippen molar-refractivity contribution in [3.8, 4) is 11.8 Å². The van der Waals surface area contributed by atoms with Gasteiger partial charge in [0.25, 0.3) is 0 Å². The summed E-state index contributed by atoms with van der Waals surface area (Å²) in [7, 11) is 0. The Hall–Kier alpha value is -0.970. The minimum absolute atomic E-state index is 0.102. The third-order valence-corrected chi connectivity index (χ3v) is 3.49. The van der Waals surface area contributed by atoms with E-state index in [-0.39, 0.29) is 5.41 Å². The Kier molecular flexibility index (Phi) is 5.68. The first kappa shape index (κ1) is 17.1. The van der Waals surface area contributed by atoms with E-state index in [0.29, 0.717) is 5.02 Å². The lowest BCUT2D eigenvalue weighted by atomic mass is 9.70. The third-order valence-electron chi connectivity index (χ3n) is 3.24. The van der Waals surface area contributed by atoms with Gasteiger partial charge in [-0.1, -0.05) is 57.3 Å². The summed E-state index contributed by atoms with van der Waals surface area (Å²) in [6.07, 6.45) is 1.02. The number of aliphatic hydroxyl groups is 1. The van der Waals surface area contributed by atoms with Crippen LogP contribution in [0.2, 0.25) is 5.02 Å². The normalized spacial score (nSPS) is 15.9. The van der Waals surface area contributed by atoms with Crippen molar-refractivity contribution in [2.24, 2.45) is 10.8 Å². The first-order valence-corrected chi connectivity index (χ1v) is 7.49. The van der Waals surface area contributed by atoms with Crippen LogP contribution in [0.5, 0.6) is 0 Å². The molecule has 0 saturated carbocycles. The van der Waals surface area contributed by atoms with Crippen LogP contribution in [0.1, 0.15) is 59.1 Å². The second kappa shape index (κ2) is 6.66. The molecular weight excluding hydrogens is 268 g/mol. The molecule has 2 unspecified atom stereocenters. The molecule has 0 aliphatic rings. The summed E-state index contributed by atoms with van der Waals surface area (Å²) in [5.41, 5.74) is 0.513. The van der Waals surface area contributed by atoms with E-state index in [4.69, 9.17) is 11.6 Å². The smallest absolute Gasteiger partial charge is 0.0952 e. The van der Waals surface area contributed by atoms with Crippen LogP contribution in [-0.4, -0.2) is 5.11 Å². The molecule has 2 heteroatoms. The Morgan fingerprint density at radius 1 is 1.15 bits per heavy atom. The van der Waals surface area contributed by atoms with Gasteiger partial charge in [-0.2, -0.15) is 0 Å². The highest BCUT2D eigenvalue weighted by Gasteiger charge is 2.36. The maximum Gasteiger partial charge on any atom is 0.0952 e. The number of aliphatic hydroxyl groups excluding tert-OH is 1. The first-order chi connectivity index (χ1) is 9.18. The molecule has 0 radical (unpaired) electrons. The van der Waals surface area contributed by atoms with Crippen LogP contribution in [0.4, 0.5) is 0 Å². The fourth-order valence-electron chi connectivity index (χ4n) is 2.61. The molecule has 0 aliphatic heterocycles. The second-order valence-corrected chi connectivity index (χ2v) is 7.20. The topological polar surface area (TPSA) is 20.2 Å². The van der Waals surface area contributed by atoms with Crippen molar-refractivity contribution in [2.75, 3.05) is 0 Å². The van der Waals surface area contributed by atoms with Gasteiger partial charge in [-0.25, -0.2) is 0 Å². The highest BCUT2D eigenvalue weighted by molar-refractivity contribution is 6.30. The number of benzene rings is 1. The van der Waals surface area contributed by atoms with Crippen LogP contribution < -0.4 is 0 Å². The number of hydrogen-bond donors (Lipinski definition) is 1. The molecule has 110 valence electrons. The van der Waals surface area contributed by atoms with Gasteiger partial charge in [0.15, 0.2) is 0 Å². The van der Waals surface area contributed by atoms with Crippen LogP contribution in [0.25, 0.3) is 0 Å². The maximum absolute atomic E-state index is 10.8. The quantitative estimate of drug-likeness (QED) is 0.756. The molecule has 1 rings (SSSR count). The van der Waals surface area contributed by atoms with Crippen molar-refractivity contribution in [2.45, 2.75) is 53.6 Å². The highest BCUT2D eigenvalue weighted by Crippen LogP contribution is 2.42. The number of rotatable bonds is 3. The summed E-state index contributed by atoms with van der Waals surface area (Å²) in [5, 5.41) is 11.5. The van der Waals surface area contributed by atoms with Gasteiger partial charge in [-0.3, -0.25) is 0 Å². The van der Waals surface area contributed by atoms with E-state index in [1.54, 1.807) is 0 Å². The fraction of sp³-hybridized carbons (Fsp3) is 0.556. The van der Waals surface area contributed by atoms with Crippen molar-refractivity contribution in [3.63, 3.8) is 0 Å². The first-order valence-electron chi connectivity index (χ1n) is 7.11. The Morgan fingerprint density at radius 3 is 2.15 bits per heavy atom. The van der Waals surface area contributed by atoms with Crippen molar-refractivity contribution in [3.05, 3.63) is 34.9 Å². The van der Waals surface area contributed by atoms with Crippen molar-refractivity contribution in [1.29, 1.82) is 0 Å². The van der Waals surface area contributed by atoms with Crippen LogP contribution in [0, 0.1) is 22.7 Å². The van der Waals surface area contributed by atoms with Gasteiger partial charge in [0.1, 0.15) is 0 Å². The Labute approximate surface area is 128 Å². The van der Waals surface area contributed by atoms with Crippen LogP contribution in [0.3, 0.4) is 0 Å². The Bertz CT molecular complexity index is 487. The van der Waals surface area contributed by atoms with Crippen molar-refractivity contribution >= 4 is 11.6 Å². The predicted octanol–water partition coefficient (Wildman–Crippen LogP) is 5.23. The van der Waals surface area contributed by atoms with Crippen LogP contribution in [-0.2, 0) is 0 Å². The van der Waals surface area contributed by atoms with E-state index in [1.807, 2.05) is 38.1 Å². The molecule has 20 heavy (non-hydrogen) atoms. The maximum atomic E-state index is 10.8. The molecule has 1 aromatic rings. The van der Waals surface area contributed by atoms with Crippen molar-refractivity contribution in [1.82, 2.24) is 0 Å². The van der Waals surface area contributed by atoms with E-state index >= 15 is 0 Å². The molecule has 0 spiro atoms. The summed E-state index contributed by atoms with van der Waals surface area (Å²) in [5.74, 6) is 6.42. The molecule has 1 aromatic carbocycles. The molecule has 0 bridgehead atoms. The zero-order valence-corrected chi connectivity index (χ0v) is 13.9. The molecule has 2 atom stereocenters. The highest BCUT2D eigenvalue weighted by atomic mass is 35.5. The van der Waals surface area contributed by atoms with E-state index in [2.05, 4.69) is 32.6 Å². The third kappa shape index (κ3) is 4.85. The molecule has 0 amide bonds. The molecule has 1 nitrogen and oxygen atoms in total. The van der Waals surface area contributed by atoms with E-state index < -0.39 is 11.5 Å². The monoisotopic (exact) mass is 292 g/mol. The van der Waals surface area contributed by atoms with Gasteiger partial charge < -0.3 is 5.11 Å². The zero-order chi connectivity index (χ0) is 15.4. The lowest BCUT2D eigenvalue weighted by Gasteiger charge is -2.35.